The quantitative estimate of drug-likeness (QED) is 0.340. The van der Waals surface area contributed by atoms with Crippen molar-refractivity contribution in [3.05, 3.63) is 0 Å². The molecular weight excluding hydrogens is 143 g/mol. The summed E-state index contributed by atoms with van der Waals surface area (Å²) in [5, 5.41) is 0. The van der Waals surface area contributed by atoms with E-state index < -0.39 is 6.42 Å². The van der Waals surface area contributed by atoms with Crippen molar-refractivity contribution in [2.45, 2.75) is 6.92 Å². The third-order valence-corrected chi connectivity index (χ3v) is 3.03. The Morgan fingerprint density at radius 1 is 2.00 bits per heavy atom. The minimum atomic E-state index is -2.40. The topological polar surface area (TPSA) is 58.6 Å². The van der Waals surface area contributed by atoms with Crippen molar-refractivity contribution in [2.24, 2.45) is 10.5 Å². The molecule has 1 atom stereocenters. The average Bonchev–Trinajstić information content (AvgIpc) is 1.67. The molecule has 0 aromatic carbocycles. The molecule has 0 amide bonds. The molecule has 0 bridgehead atoms. The largest absolute Gasteiger partial charge is 0.390 e. The molecule has 0 heterocycles. The van der Waals surface area contributed by atoms with E-state index in [0.29, 0.717) is 6.16 Å². The molecule has 0 saturated heterocycles. The van der Waals surface area contributed by atoms with E-state index in [1.807, 2.05) is 0 Å². The molecule has 0 spiro atoms. The van der Waals surface area contributed by atoms with Gasteiger partial charge in [-0.25, -0.2) is 4.76 Å². The monoisotopic (exact) mass is 152 g/mol. The van der Waals surface area contributed by atoms with E-state index in [1.165, 1.54) is 0 Å². The Morgan fingerprint density at radius 2 is 2.50 bits per heavy atom. The second kappa shape index (κ2) is 3.17. The Bertz CT molecular complexity index is 135. The maximum atomic E-state index is 8.97. The van der Waals surface area contributed by atoms with Crippen molar-refractivity contribution in [1.82, 2.24) is 0 Å². The third-order valence-electron chi connectivity index (χ3n) is 0.659. The molecule has 0 aromatic heterocycles. The highest BCUT2D eigenvalue weighted by molar-refractivity contribution is 8.11. The minimum Gasteiger partial charge on any atom is -0.390 e. The first kappa shape index (κ1) is 8.08. The van der Waals surface area contributed by atoms with Gasteiger partial charge in [-0.2, -0.15) is 0 Å². The van der Waals surface area contributed by atoms with Crippen molar-refractivity contribution in [2.75, 3.05) is 6.16 Å². The smallest absolute Gasteiger partial charge is 0.172 e. The fourth-order valence-electron chi connectivity index (χ4n) is 0.186. The molecule has 8 heavy (non-hydrogen) atoms. The lowest BCUT2D eigenvalue weighted by molar-refractivity contribution is 0.624. The summed E-state index contributed by atoms with van der Waals surface area (Å²) in [4.78, 5) is 8.97. The number of hydrogen-bond donors (Lipinski definition) is 2. The number of nitrogens with zero attached hydrogens (tertiary/aromatic N) is 1. The van der Waals surface area contributed by atoms with Crippen molar-refractivity contribution in [1.29, 1.82) is 0 Å². The first-order valence-electron chi connectivity index (χ1n) is 2.20. The summed E-state index contributed by atoms with van der Waals surface area (Å²) in [6.45, 7) is 1.79. The van der Waals surface area contributed by atoms with Crippen LogP contribution in [0.2, 0.25) is 0 Å². The molecule has 0 saturated carbocycles. The molecule has 1 unspecified atom stereocenters. The van der Waals surface area contributed by atoms with Crippen molar-refractivity contribution in [3.8, 4) is 0 Å². The van der Waals surface area contributed by atoms with Crippen LogP contribution in [0.3, 0.4) is 0 Å². The molecule has 48 valence electrons. The second-order valence-corrected chi connectivity index (χ2v) is 5.19. The summed E-state index contributed by atoms with van der Waals surface area (Å²) in [6, 6.07) is 0. The van der Waals surface area contributed by atoms with E-state index in [-0.39, 0.29) is 0 Å². The zero-order chi connectivity index (χ0) is 6.62. The molecule has 0 fully saturated rings. The number of hydrogen-bond acceptors (Lipinski definition) is 1. The van der Waals surface area contributed by atoms with E-state index in [1.54, 1.807) is 6.92 Å². The Balaban J connectivity index is 3.93. The molecule has 0 rings (SSSR count). The van der Waals surface area contributed by atoms with Gasteiger partial charge in [-0.05, 0) is 11.8 Å². The van der Waals surface area contributed by atoms with Crippen LogP contribution < -0.4 is 5.73 Å². The van der Waals surface area contributed by atoms with Crippen LogP contribution in [0, 0.1) is 0 Å². The fourth-order valence-corrected chi connectivity index (χ4v) is 0.721. The first-order chi connectivity index (χ1) is 3.62. The van der Waals surface area contributed by atoms with Crippen LogP contribution in [0.5, 0.6) is 0 Å². The highest BCUT2D eigenvalue weighted by atomic mass is 32.4. The Morgan fingerprint density at radius 3 is 2.62 bits per heavy atom. The molecule has 0 aliphatic carbocycles. The highest BCUT2D eigenvalue weighted by Gasteiger charge is 2.02. The van der Waals surface area contributed by atoms with Gasteiger partial charge < -0.3 is 10.6 Å². The van der Waals surface area contributed by atoms with Crippen LogP contribution in [-0.2, 0) is 11.8 Å². The van der Waals surface area contributed by atoms with Crippen LogP contribution in [0.1, 0.15) is 6.92 Å². The molecule has 5 heteroatoms. The zero-order valence-corrected chi connectivity index (χ0v) is 6.32. The molecule has 3 nitrogen and oxygen atoms in total. The summed E-state index contributed by atoms with van der Waals surface area (Å²) in [6.07, 6.45) is -0.826. The van der Waals surface area contributed by atoms with Gasteiger partial charge in [0.1, 0.15) is 0 Å². The molecule has 0 aliphatic heterocycles. The summed E-state index contributed by atoms with van der Waals surface area (Å²) in [5.74, 6) is 0. The third kappa shape index (κ3) is 3.13. The van der Waals surface area contributed by atoms with Gasteiger partial charge in [0.2, 0.25) is 0 Å². The Kier molecular flexibility index (Phi) is 3.21. The van der Waals surface area contributed by atoms with Crippen LogP contribution in [0.15, 0.2) is 4.76 Å². The lowest BCUT2D eigenvalue weighted by atomic mass is 11.0. The SMILES string of the molecule is CCP(O)(=S)N=CN. The lowest BCUT2D eigenvalue weighted by Crippen LogP contribution is -1.89. The Labute approximate surface area is 53.8 Å². The van der Waals surface area contributed by atoms with Crippen molar-refractivity contribution < 1.29 is 4.89 Å². The molecule has 3 N–H and O–H groups in total. The highest BCUT2D eigenvalue weighted by Crippen LogP contribution is 2.40. The van der Waals surface area contributed by atoms with Crippen molar-refractivity contribution in [3.63, 3.8) is 0 Å². The van der Waals surface area contributed by atoms with Crippen molar-refractivity contribution >= 4 is 24.6 Å². The van der Waals surface area contributed by atoms with Gasteiger partial charge in [0.25, 0.3) is 0 Å². The predicted octanol–water partition coefficient (Wildman–Crippen LogP) is 0.295. The van der Waals surface area contributed by atoms with Gasteiger partial charge in [0.15, 0.2) is 6.42 Å². The van der Waals surface area contributed by atoms with Crippen LogP contribution in [0.4, 0.5) is 0 Å². The molecular formula is C3H9N2OPS. The van der Waals surface area contributed by atoms with Gasteiger partial charge >= 0.3 is 0 Å². The van der Waals surface area contributed by atoms with Gasteiger partial charge in [0.05, 0.1) is 6.34 Å². The van der Waals surface area contributed by atoms with Gasteiger partial charge in [0, 0.05) is 6.16 Å². The summed E-state index contributed by atoms with van der Waals surface area (Å²) >= 11 is 4.63. The molecule has 0 aliphatic rings. The van der Waals surface area contributed by atoms with E-state index in [9.17, 15) is 0 Å². The average molecular weight is 152 g/mol. The standard InChI is InChI=1S/C3H9N2OPS/c1-2-7(6,8)5-3-4/h3H,2H2,1H3,(H3,4,5,6,8). The van der Waals surface area contributed by atoms with E-state index in [4.69, 9.17) is 10.6 Å². The maximum absolute atomic E-state index is 8.97. The van der Waals surface area contributed by atoms with Gasteiger partial charge in [-0.3, -0.25) is 0 Å². The maximum Gasteiger partial charge on any atom is 0.172 e. The van der Waals surface area contributed by atoms with E-state index >= 15 is 0 Å². The van der Waals surface area contributed by atoms with Gasteiger partial charge in [-0.1, -0.05) is 6.92 Å². The predicted molar refractivity (Wildman–Crippen MR) is 39.7 cm³/mol. The van der Waals surface area contributed by atoms with E-state index in [2.05, 4.69) is 16.6 Å². The normalized spacial score (nSPS) is 18.8. The first-order valence-corrected chi connectivity index (χ1v) is 5.09. The minimum absolute atomic E-state index is 0.510. The van der Waals surface area contributed by atoms with Crippen LogP contribution in [-0.4, -0.2) is 17.4 Å². The van der Waals surface area contributed by atoms with Gasteiger partial charge in [-0.15, -0.1) is 0 Å². The van der Waals surface area contributed by atoms with E-state index in [0.717, 1.165) is 6.34 Å². The number of rotatable bonds is 2. The fraction of sp³-hybridized carbons (Fsp3) is 0.667. The van der Waals surface area contributed by atoms with Crippen LogP contribution >= 0.6 is 6.42 Å². The Hall–Kier alpha value is 0.0800. The number of nitrogens with two attached hydrogens (primary N) is 1. The summed E-state index contributed by atoms with van der Waals surface area (Å²) < 4.78 is 3.51. The zero-order valence-electron chi connectivity index (χ0n) is 4.61. The second-order valence-electron chi connectivity index (χ2n) is 1.25. The summed E-state index contributed by atoms with van der Waals surface area (Å²) in [5.41, 5.74) is 4.90. The molecule has 0 aromatic rings. The lowest BCUT2D eigenvalue weighted by Gasteiger charge is -2.02. The van der Waals surface area contributed by atoms with Crippen LogP contribution in [0.25, 0.3) is 0 Å². The molecule has 0 radical (unpaired) electrons. The summed E-state index contributed by atoms with van der Waals surface area (Å²) in [7, 11) is 0.